The van der Waals surface area contributed by atoms with Crippen LogP contribution in [0.2, 0.25) is 5.02 Å². The minimum absolute atomic E-state index is 0.233. The molecule has 0 atom stereocenters. The van der Waals surface area contributed by atoms with Gasteiger partial charge in [0.05, 0.1) is 0 Å². The minimum atomic E-state index is -0.233. The lowest BCUT2D eigenvalue weighted by Crippen LogP contribution is -2.19. The molecule has 0 saturated heterocycles. The van der Waals surface area contributed by atoms with Crippen LogP contribution in [0.15, 0.2) is 42.5 Å². The van der Waals surface area contributed by atoms with E-state index in [0.29, 0.717) is 19.6 Å². The quantitative estimate of drug-likeness (QED) is 0.913. The highest BCUT2D eigenvalue weighted by atomic mass is 35.5. The monoisotopic (exact) mass is 292 g/mol. The Kier molecular flexibility index (Phi) is 5.12. The maximum absolute atomic E-state index is 13.3. The highest BCUT2D eigenvalue weighted by Crippen LogP contribution is 2.19. The van der Waals surface area contributed by atoms with Crippen LogP contribution in [-0.2, 0) is 19.6 Å². The molecule has 0 aromatic heterocycles. The number of halogens is 2. The first-order valence-electron chi connectivity index (χ1n) is 6.49. The molecule has 0 bridgehead atoms. The van der Waals surface area contributed by atoms with E-state index in [4.69, 9.17) is 17.3 Å². The Morgan fingerprint density at radius 3 is 2.45 bits per heavy atom. The van der Waals surface area contributed by atoms with Crippen LogP contribution in [0.5, 0.6) is 0 Å². The van der Waals surface area contributed by atoms with E-state index in [1.807, 2.05) is 31.3 Å². The Labute approximate surface area is 124 Å². The number of rotatable bonds is 5. The number of hydrogen-bond acceptors (Lipinski definition) is 2. The molecule has 0 unspecified atom stereocenters. The number of benzene rings is 2. The molecule has 2 rings (SSSR count). The molecule has 4 heteroatoms. The third-order valence-electron chi connectivity index (χ3n) is 3.23. The van der Waals surface area contributed by atoms with E-state index < -0.39 is 0 Å². The Balaban J connectivity index is 2.10. The third kappa shape index (κ3) is 3.79. The first-order valence-corrected chi connectivity index (χ1v) is 6.87. The van der Waals surface area contributed by atoms with Crippen molar-refractivity contribution in [2.75, 3.05) is 7.05 Å². The van der Waals surface area contributed by atoms with Gasteiger partial charge in [0.15, 0.2) is 0 Å². The molecule has 0 saturated carbocycles. The summed E-state index contributed by atoms with van der Waals surface area (Å²) in [7, 11) is 1.98. The van der Waals surface area contributed by atoms with Crippen LogP contribution in [0.1, 0.15) is 16.7 Å². The predicted molar refractivity (Wildman–Crippen MR) is 80.9 cm³/mol. The second-order valence-corrected chi connectivity index (χ2v) is 5.29. The molecular formula is C16H18ClFN2. The topological polar surface area (TPSA) is 29.3 Å². The van der Waals surface area contributed by atoms with Crippen molar-refractivity contribution in [3.8, 4) is 0 Å². The lowest BCUT2D eigenvalue weighted by atomic mass is 10.1. The zero-order valence-corrected chi connectivity index (χ0v) is 12.2. The molecule has 106 valence electrons. The van der Waals surface area contributed by atoms with Gasteiger partial charge in [0.25, 0.3) is 0 Å². The van der Waals surface area contributed by atoms with Gasteiger partial charge >= 0.3 is 0 Å². The lowest BCUT2D eigenvalue weighted by Gasteiger charge is -2.19. The largest absolute Gasteiger partial charge is 0.326 e. The van der Waals surface area contributed by atoms with Crippen molar-refractivity contribution in [1.82, 2.24) is 4.90 Å². The summed E-state index contributed by atoms with van der Waals surface area (Å²) in [5.41, 5.74) is 8.64. The molecule has 2 nitrogen and oxygen atoms in total. The van der Waals surface area contributed by atoms with E-state index in [9.17, 15) is 4.39 Å². The van der Waals surface area contributed by atoms with Crippen molar-refractivity contribution in [1.29, 1.82) is 0 Å². The molecule has 0 radical (unpaired) electrons. The zero-order chi connectivity index (χ0) is 14.5. The summed E-state index contributed by atoms with van der Waals surface area (Å²) in [5, 5.41) is 0.748. The first kappa shape index (κ1) is 15.0. The second kappa shape index (κ2) is 6.84. The molecule has 0 aliphatic carbocycles. The van der Waals surface area contributed by atoms with Crippen molar-refractivity contribution >= 4 is 11.6 Å². The molecule has 0 aliphatic heterocycles. The van der Waals surface area contributed by atoms with Crippen LogP contribution < -0.4 is 5.73 Å². The van der Waals surface area contributed by atoms with Gasteiger partial charge in [0, 0.05) is 24.7 Å². The highest BCUT2D eigenvalue weighted by molar-refractivity contribution is 6.31. The van der Waals surface area contributed by atoms with Crippen molar-refractivity contribution in [2.45, 2.75) is 19.6 Å². The van der Waals surface area contributed by atoms with E-state index in [1.165, 1.54) is 6.07 Å². The van der Waals surface area contributed by atoms with Gasteiger partial charge < -0.3 is 5.73 Å². The molecule has 2 aromatic carbocycles. The summed E-state index contributed by atoms with van der Waals surface area (Å²) >= 11 is 6.15. The van der Waals surface area contributed by atoms with Crippen LogP contribution in [0.25, 0.3) is 0 Å². The van der Waals surface area contributed by atoms with Crippen LogP contribution in [0, 0.1) is 5.82 Å². The maximum Gasteiger partial charge on any atom is 0.123 e. The van der Waals surface area contributed by atoms with E-state index in [2.05, 4.69) is 4.90 Å². The van der Waals surface area contributed by atoms with Gasteiger partial charge in [-0.1, -0.05) is 35.9 Å². The van der Waals surface area contributed by atoms with Gasteiger partial charge in [0.1, 0.15) is 5.82 Å². The first-order chi connectivity index (χ1) is 9.60. The summed E-state index contributed by atoms with van der Waals surface area (Å²) in [6, 6.07) is 12.5. The predicted octanol–water partition coefficient (Wildman–Crippen LogP) is 3.57. The van der Waals surface area contributed by atoms with Gasteiger partial charge in [0.2, 0.25) is 0 Å². The number of nitrogens with two attached hydrogens (primary N) is 1. The normalized spacial score (nSPS) is 11.1. The van der Waals surface area contributed by atoms with Gasteiger partial charge in [-0.05, 0) is 41.9 Å². The fraction of sp³-hybridized carbons (Fsp3) is 0.250. The molecule has 2 aromatic rings. The molecular weight excluding hydrogens is 275 g/mol. The number of nitrogens with zero attached hydrogens (tertiary/aromatic N) is 1. The average molecular weight is 293 g/mol. The smallest absolute Gasteiger partial charge is 0.123 e. The average Bonchev–Trinajstić information content (AvgIpc) is 2.41. The van der Waals surface area contributed by atoms with Crippen LogP contribution in [0.4, 0.5) is 4.39 Å². The molecule has 0 amide bonds. The highest BCUT2D eigenvalue weighted by Gasteiger charge is 2.08. The second-order valence-electron chi connectivity index (χ2n) is 4.88. The summed E-state index contributed by atoms with van der Waals surface area (Å²) < 4.78 is 13.3. The molecule has 20 heavy (non-hydrogen) atoms. The third-order valence-corrected chi connectivity index (χ3v) is 3.60. The molecule has 0 aliphatic rings. The van der Waals surface area contributed by atoms with Crippen molar-refractivity contribution in [3.63, 3.8) is 0 Å². The van der Waals surface area contributed by atoms with Gasteiger partial charge in [-0.15, -0.1) is 0 Å². The summed E-state index contributed by atoms with van der Waals surface area (Å²) in [6.45, 7) is 1.76. The summed E-state index contributed by atoms with van der Waals surface area (Å²) in [5.74, 6) is -0.233. The molecule has 0 spiro atoms. The van der Waals surface area contributed by atoms with Crippen LogP contribution in [0.3, 0.4) is 0 Å². The molecule has 2 N–H and O–H groups in total. The Morgan fingerprint density at radius 1 is 1.05 bits per heavy atom. The van der Waals surface area contributed by atoms with Crippen LogP contribution >= 0.6 is 11.6 Å². The number of hydrogen-bond donors (Lipinski definition) is 1. The Morgan fingerprint density at radius 2 is 1.75 bits per heavy atom. The van der Waals surface area contributed by atoms with Crippen LogP contribution in [-0.4, -0.2) is 11.9 Å². The van der Waals surface area contributed by atoms with E-state index in [1.54, 1.807) is 12.1 Å². The van der Waals surface area contributed by atoms with E-state index >= 15 is 0 Å². The lowest BCUT2D eigenvalue weighted by molar-refractivity contribution is 0.317. The fourth-order valence-corrected chi connectivity index (χ4v) is 2.40. The van der Waals surface area contributed by atoms with Gasteiger partial charge in [-0.3, -0.25) is 4.90 Å². The zero-order valence-electron chi connectivity index (χ0n) is 11.4. The van der Waals surface area contributed by atoms with Crippen molar-refractivity contribution < 1.29 is 4.39 Å². The van der Waals surface area contributed by atoms with Gasteiger partial charge in [-0.25, -0.2) is 4.39 Å². The Bertz CT molecular complexity index is 586. The Hall–Kier alpha value is -1.42. The van der Waals surface area contributed by atoms with Crippen molar-refractivity contribution in [3.05, 3.63) is 70.0 Å². The molecule has 0 heterocycles. The summed E-state index contributed by atoms with van der Waals surface area (Å²) in [6.07, 6.45) is 0. The standard InChI is InChI=1S/C16H18ClFN2/c1-20(10-13-4-2-3-5-16(13)17)11-14-8-15(18)7-6-12(14)9-19/h2-8H,9-11,19H2,1H3. The minimum Gasteiger partial charge on any atom is -0.326 e. The maximum atomic E-state index is 13.3. The van der Waals surface area contributed by atoms with E-state index in [-0.39, 0.29) is 5.82 Å². The molecule has 0 fully saturated rings. The van der Waals surface area contributed by atoms with Crippen molar-refractivity contribution in [2.24, 2.45) is 5.73 Å². The van der Waals surface area contributed by atoms with Gasteiger partial charge in [-0.2, -0.15) is 0 Å². The fourth-order valence-electron chi connectivity index (χ4n) is 2.20. The summed E-state index contributed by atoms with van der Waals surface area (Å²) in [4.78, 5) is 2.09. The SMILES string of the molecule is CN(Cc1ccccc1Cl)Cc1cc(F)ccc1CN. The van der Waals surface area contributed by atoms with E-state index in [0.717, 1.165) is 21.7 Å².